The molecule has 1 saturated heterocycles. The number of benzene rings is 2. The second-order valence-corrected chi connectivity index (χ2v) is 12.2. The van der Waals surface area contributed by atoms with Crippen molar-refractivity contribution in [2.45, 2.75) is 64.5 Å². The van der Waals surface area contributed by atoms with Crippen LogP contribution in [0.4, 0.5) is 0 Å². The predicted molar refractivity (Wildman–Crippen MR) is 140 cm³/mol. The van der Waals surface area contributed by atoms with Gasteiger partial charge in [-0.05, 0) is 99.3 Å². The molecule has 3 aromatic rings. The van der Waals surface area contributed by atoms with Crippen LogP contribution in [0.25, 0.3) is 11.0 Å². The number of carbonyl (C=O) groups is 1. The molecule has 188 valence electrons. The van der Waals surface area contributed by atoms with Crippen molar-refractivity contribution in [1.29, 1.82) is 0 Å². The number of para-hydroxylation sites is 3. The quantitative estimate of drug-likeness (QED) is 0.427. The lowest BCUT2D eigenvalue weighted by atomic mass is 9.49. The molecule has 4 aliphatic carbocycles. The number of rotatable bonds is 6. The van der Waals surface area contributed by atoms with Gasteiger partial charge in [-0.2, -0.15) is 0 Å². The van der Waals surface area contributed by atoms with Crippen LogP contribution < -0.4 is 4.74 Å². The number of ether oxygens (including phenoxy) is 1. The molecule has 5 fully saturated rings. The van der Waals surface area contributed by atoms with Gasteiger partial charge in [-0.25, -0.2) is 4.98 Å². The fourth-order valence-electron chi connectivity index (χ4n) is 8.39. The Morgan fingerprint density at radius 1 is 0.889 bits per heavy atom. The first-order chi connectivity index (χ1) is 17.6. The molecule has 0 spiro atoms. The predicted octanol–water partition coefficient (Wildman–Crippen LogP) is 6.07. The highest BCUT2D eigenvalue weighted by atomic mass is 16.5. The van der Waals surface area contributed by atoms with Crippen LogP contribution in [0.1, 0.15) is 57.2 Å². The Morgan fingerprint density at radius 3 is 2.22 bits per heavy atom. The van der Waals surface area contributed by atoms with E-state index in [9.17, 15) is 4.79 Å². The number of amides is 1. The third kappa shape index (κ3) is 4.01. The van der Waals surface area contributed by atoms with E-state index < -0.39 is 0 Å². The highest BCUT2D eigenvalue weighted by Gasteiger charge is 2.55. The van der Waals surface area contributed by atoms with Gasteiger partial charge >= 0.3 is 0 Å². The summed E-state index contributed by atoms with van der Waals surface area (Å²) in [6, 6.07) is 18.4. The number of aromatic nitrogens is 2. The first-order valence-electron chi connectivity index (χ1n) is 14.1. The lowest BCUT2D eigenvalue weighted by Crippen LogP contribution is -2.55. The summed E-state index contributed by atoms with van der Waals surface area (Å²) in [4.78, 5) is 21.0. The molecule has 5 heteroatoms. The van der Waals surface area contributed by atoms with Crippen LogP contribution in [0.3, 0.4) is 0 Å². The van der Waals surface area contributed by atoms with Crippen LogP contribution in [0, 0.1) is 29.1 Å². The fraction of sp³-hybridized carbons (Fsp3) is 0.548. The summed E-state index contributed by atoms with van der Waals surface area (Å²) in [5.74, 6) is 5.37. The van der Waals surface area contributed by atoms with Crippen molar-refractivity contribution in [1.82, 2.24) is 14.5 Å². The van der Waals surface area contributed by atoms with Crippen molar-refractivity contribution < 1.29 is 9.53 Å². The largest absolute Gasteiger partial charge is 0.486 e. The maximum atomic E-state index is 13.8. The molecule has 0 atom stereocenters. The minimum atomic E-state index is -0.00984. The van der Waals surface area contributed by atoms with Gasteiger partial charge in [-0.15, -0.1) is 0 Å². The Kier molecular flexibility index (Phi) is 5.55. The molecule has 36 heavy (non-hydrogen) atoms. The first kappa shape index (κ1) is 22.4. The zero-order chi connectivity index (χ0) is 24.1. The average molecular weight is 484 g/mol. The molecule has 0 radical (unpaired) electrons. The van der Waals surface area contributed by atoms with Crippen molar-refractivity contribution >= 4 is 16.9 Å². The monoisotopic (exact) mass is 483 g/mol. The van der Waals surface area contributed by atoms with Crippen LogP contribution >= 0.6 is 0 Å². The van der Waals surface area contributed by atoms with Crippen molar-refractivity contribution in [3.05, 3.63) is 60.4 Å². The minimum Gasteiger partial charge on any atom is -0.486 e. The molecule has 5 aliphatic rings. The zero-order valence-electron chi connectivity index (χ0n) is 21.1. The number of likely N-dealkylation sites (tertiary alicyclic amines) is 1. The van der Waals surface area contributed by atoms with E-state index in [4.69, 9.17) is 9.72 Å². The van der Waals surface area contributed by atoms with Crippen molar-refractivity contribution in [3.63, 3.8) is 0 Å². The zero-order valence-corrected chi connectivity index (χ0v) is 21.1. The van der Waals surface area contributed by atoms with E-state index in [1.54, 1.807) is 0 Å². The molecule has 4 bridgehead atoms. The molecular formula is C31H37N3O2. The molecule has 1 amide bonds. The van der Waals surface area contributed by atoms with Crippen molar-refractivity contribution in [2.75, 3.05) is 13.1 Å². The Morgan fingerprint density at radius 2 is 1.53 bits per heavy atom. The number of hydrogen-bond donors (Lipinski definition) is 0. The molecule has 2 aromatic carbocycles. The highest BCUT2D eigenvalue weighted by molar-refractivity contribution is 5.83. The van der Waals surface area contributed by atoms with Gasteiger partial charge < -0.3 is 14.2 Å². The summed E-state index contributed by atoms with van der Waals surface area (Å²) in [6.07, 6.45) is 9.83. The Labute approximate surface area is 213 Å². The molecule has 0 unspecified atom stereocenters. The van der Waals surface area contributed by atoms with Crippen LogP contribution in [0.2, 0.25) is 0 Å². The summed E-state index contributed by atoms with van der Waals surface area (Å²) in [7, 11) is 0. The Balaban J connectivity index is 1.03. The van der Waals surface area contributed by atoms with Crippen LogP contribution in [-0.2, 0) is 17.9 Å². The molecule has 1 aromatic heterocycles. The number of fused-ring (bicyclic) bond motifs is 1. The van der Waals surface area contributed by atoms with Gasteiger partial charge in [0, 0.05) is 19.6 Å². The van der Waals surface area contributed by atoms with Gasteiger partial charge in [-0.3, -0.25) is 4.79 Å². The molecular weight excluding hydrogens is 446 g/mol. The van der Waals surface area contributed by atoms with Crippen LogP contribution in [0.5, 0.6) is 5.75 Å². The van der Waals surface area contributed by atoms with Gasteiger partial charge in [0.05, 0.1) is 16.4 Å². The first-order valence-corrected chi connectivity index (χ1v) is 14.1. The molecule has 5 nitrogen and oxygen atoms in total. The van der Waals surface area contributed by atoms with Gasteiger partial charge in [-0.1, -0.05) is 30.3 Å². The topological polar surface area (TPSA) is 47.4 Å². The van der Waals surface area contributed by atoms with E-state index in [0.717, 1.165) is 67.3 Å². The van der Waals surface area contributed by atoms with Crippen molar-refractivity contribution in [3.8, 4) is 5.75 Å². The van der Waals surface area contributed by atoms with E-state index >= 15 is 0 Å². The van der Waals surface area contributed by atoms with Crippen molar-refractivity contribution in [2.24, 2.45) is 29.1 Å². The smallest absolute Gasteiger partial charge is 0.228 e. The molecule has 4 saturated carbocycles. The molecule has 8 rings (SSSR count). The van der Waals surface area contributed by atoms with E-state index in [1.807, 2.05) is 30.3 Å². The Bertz CT molecular complexity index is 1210. The number of piperidine rings is 1. The average Bonchev–Trinajstić information content (AvgIpc) is 3.24. The maximum Gasteiger partial charge on any atom is 0.228 e. The normalized spacial score (nSPS) is 29.7. The number of nitrogens with zero attached hydrogens (tertiary/aromatic N) is 3. The van der Waals surface area contributed by atoms with Gasteiger partial charge in [0.1, 0.15) is 18.2 Å². The highest BCUT2D eigenvalue weighted by Crippen LogP contribution is 2.60. The lowest BCUT2D eigenvalue weighted by Gasteiger charge is -2.57. The van der Waals surface area contributed by atoms with E-state index in [0.29, 0.717) is 18.4 Å². The standard InChI is InChI=1S/C31H37N3O2/c35-30(31-17-23-14-24(18-31)16-25(15-23)19-31)33-12-10-22(11-13-33)20-34-28-9-5-4-8-27(28)32-29(34)21-36-26-6-2-1-3-7-26/h1-9,22-25H,10-21H2. The fourth-order valence-corrected chi connectivity index (χ4v) is 8.39. The summed E-state index contributed by atoms with van der Waals surface area (Å²) in [5.41, 5.74) is 2.19. The third-order valence-electron chi connectivity index (χ3n) is 9.68. The molecule has 0 N–H and O–H groups in total. The second kappa shape index (κ2) is 8.93. The number of carbonyl (C=O) groups excluding carboxylic acids is 1. The second-order valence-electron chi connectivity index (χ2n) is 12.2. The van der Waals surface area contributed by atoms with E-state index in [2.05, 4.69) is 33.7 Å². The molecule has 2 heterocycles. The minimum absolute atomic E-state index is 0.00984. The summed E-state index contributed by atoms with van der Waals surface area (Å²) in [5, 5.41) is 0. The summed E-state index contributed by atoms with van der Waals surface area (Å²) >= 11 is 0. The summed E-state index contributed by atoms with van der Waals surface area (Å²) < 4.78 is 8.44. The maximum absolute atomic E-state index is 13.8. The molecule has 1 aliphatic heterocycles. The number of imidazole rings is 1. The van der Waals surface area contributed by atoms with E-state index in [-0.39, 0.29) is 5.41 Å². The van der Waals surface area contributed by atoms with Gasteiger partial charge in [0.25, 0.3) is 0 Å². The van der Waals surface area contributed by atoms with Gasteiger partial charge in [0.15, 0.2) is 0 Å². The summed E-state index contributed by atoms with van der Waals surface area (Å²) in [6.45, 7) is 3.22. The Hall–Kier alpha value is -2.82. The lowest BCUT2D eigenvalue weighted by molar-refractivity contribution is -0.159. The van der Waals surface area contributed by atoms with Crippen LogP contribution in [-0.4, -0.2) is 33.4 Å². The third-order valence-corrected chi connectivity index (χ3v) is 9.68. The van der Waals surface area contributed by atoms with Crippen LogP contribution in [0.15, 0.2) is 54.6 Å². The number of hydrogen-bond acceptors (Lipinski definition) is 3. The van der Waals surface area contributed by atoms with Gasteiger partial charge in [0.2, 0.25) is 5.91 Å². The SMILES string of the molecule is O=C(N1CCC(Cn2c(COc3ccccc3)nc3ccccc32)CC1)C12CC3CC(CC(C3)C1)C2. The van der Waals surface area contributed by atoms with E-state index in [1.165, 1.54) is 44.0 Å².